The van der Waals surface area contributed by atoms with Crippen LogP contribution in [0.4, 0.5) is 0 Å². The lowest BCUT2D eigenvalue weighted by atomic mass is 9.99. The van der Waals surface area contributed by atoms with E-state index < -0.39 is 0 Å². The summed E-state index contributed by atoms with van der Waals surface area (Å²) in [5, 5.41) is 0. The fourth-order valence-corrected chi connectivity index (χ4v) is 2.77. The third-order valence-electron chi connectivity index (χ3n) is 3.80. The highest BCUT2D eigenvalue weighted by Gasteiger charge is 2.30. The van der Waals surface area contributed by atoms with Crippen molar-refractivity contribution in [2.75, 3.05) is 0 Å². The van der Waals surface area contributed by atoms with Crippen molar-refractivity contribution in [3.63, 3.8) is 0 Å². The average Bonchev–Trinajstić information content (AvgIpc) is 2.64. The van der Waals surface area contributed by atoms with Crippen LogP contribution < -0.4 is 4.74 Å². The van der Waals surface area contributed by atoms with Crippen molar-refractivity contribution in [1.29, 1.82) is 0 Å². The first-order valence-corrected chi connectivity index (χ1v) is 6.82. The van der Waals surface area contributed by atoms with Crippen LogP contribution in [0.1, 0.15) is 37.7 Å². The summed E-state index contributed by atoms with van der Waals surface area (Å²) >= 11 is 0. The molecule has 0 bridgehead atoms. The second-order valence-electron chi connectivity index (χ2n) is 5.11. The molecule has 1 heterocycles. The van der Waals surface area contributed by atoms with Crippen LogP contribution in [-0.4, -0.2) is 11.9 Å². The molecule has 0 saturated heterocycles. The van der Waals surface area contributed by atoms with Crippen LogP contribution in [0.5, 0.6) is 5.75 Å². The summed E-state index contributed by atoms with van der Waals surface area (Å²) in [6.07, 6.45) is 8.12. The Labute approximate surface area is 108 Å². The molecule has 1 aromatic rings. The van der Waals surface area contributed by atoms with E-state index in [0.717, 1.165) is 42.6 Å². The molecule has 0 saturated carbocycles. The minimum absolute atomic E-state index is 0.202. The van der Waals surface area contributed by atoms with Crippen LogP contribution in [0.25, 0.3) is 0 Å². The first-order valence-electron chi connectivity index (χ1n) is 6.82. The zero-order valence-corrected chi connectivity index (χ0v) is 10.5. The van der Waals surface area contributed by atoms with Gasteiger partial charge in [0, 0.05) is 6.42 Å². The molecule has 1 aliphatic carbocycles. The van der Waals surface area contributed by atoms with Crippen molar-refractivity contribution in [3.05, 3.63) is 41.5 Å². The summed E-state index contributed by atoms with van der Waals surface area (Å²) < 4.78 is 5.77. The Kier molecular flexibility index (Phi) is 3.18. The van der Waals surface area contributed by atoms with Gasteiger partial charge in [-0.3, -0.25) is 4.79 Å². The Hall–Kier alpha value is -1.57. The monoisotopic (exact) mass is 242 g/mol. The molecule has 1 aromatic carbocycles. The summed E-state index contributed by atoms with van der Waals surface area (Å²) in [5.74, 6) is 1.08. The van der Waals surface area contributed by atoms with E-state index in [9.17, 15) is 4.79 Å². The van der Waals surface area contributed by atoms with E-state index in [1.807, 2.05) is 24.3 Å². The first-order chi connectivity index (χ1) is 8.84. The van der Waals surface area contributed by atoms with Crippen LogP contribution >= 0.6 is 0 Å². The van der Waals surface area contributed by atoms with Gasteiger partial charge in [-0.15, -0.1) is 0 Å². The molecule has 18 heavy (non-hydrogen) atoms. The molecule has 3 rings (SSSR count). The summed E-state index contributed by atoms with van der Waals surface area (Å²) in [6, 6.07) is 7.95. The predicted octanol–water partition coefficient (Wildman–Crippen LogP) is 3.45. The minimum atomic E-state index is -0.285. The lowest BCUT2D eigenvalue weighted by Crippen LogP contribution is -2.26. The van der Waals surface area contributed by atoms with E-state index in [1.165, 1.54) is 12.8 Å². The Morgan fingerprint density at radius 1 is 1.17 bits per heavy atom. The van der Waals surface area contributed by atoms with Crippen molar-refractivity contribution >= 4 is 5.78 Å². The van der Waals surface area contributed by atoms with Gasteiger partial charge in [-0.1, -0.05) is 30.7 Å². The fraction of sp³-hybridized carbons (Fsp3) is 0.438. The Bertz CT molecular complexity index is 463. The van der Waals surface area contributed by atoms with Gasteiger partial charge in [0.05, 0.1) is 0 Å². The number of Topliss-reactive ketones (excluding diaryl/α,β-unsaturated/α-hetero) is 1. The number of ether oxygens (including phenoxy) is 1. The second-order valence-corrected chi connectivity index (χ2v) is 5.11. The molecule has 1 aliphatic heterocycles. The van der Waals surface area contributed by atoms with E-state index >= 15 is 0 Å². The van der Waals surface area contributed by atoms with Crippen LogP contribution in [0.2, 0.25) is 0 Å². The SMILES string of the molecule is O=C(C1=CCCCCC1)C1Cc2ccccc2O1. The lowest BCUT2D eigenvalue weighted by Gasteiger charge is -2.11. The van der Waals surface area contributed by atoms with E-state index in [1.54, 1.807) is 0 Å². The van der Waals surface area contributed by atoms with Gasteiger partial charge in [0.1, 0.15) is 5.75 Å². The molecule has 0 amide bonds. The van der Waals surface area contributed by atoms with Gasteiger partial charge < -0.3 is 4.74 Å². The van der Waals surface area contributed by atoms with Gasteiger partial charge >= 0.3 is 0 Å². The van der Waals surface area contributed by atoms with Gasteiger partial charge in [0.2, 0.25) is 0 Å². The maximum Gasteiger partial charge on any atom is 0.199 e. The molecule has 0 fully saturated rings. The molecular weight excluding hydrogens is 224 g/mol. The van der Waals surface area contributed by atoms with Crippen LogP contribution in [0.15, 0.2) is 35.9 Å². The van der Waals surface area contributed by atoms with Crippen molar-refractivity contribution in [3.8, 4) is 5.75 Å². The van der Waals surface area contributed by atoms with E-state index in [0.29, 0.717) is 0 Å². The quantitative estimate of drug-likeness (QED) is 0.794. The number of carbonyl (C=O) groups excluding carboxylic acids is 1. The van der Waals surface area contributed by atoms with Gasteiger partial charge in [-0.25, -0.2) is 0 Å². The molecule has 2 nitrogen and oxygen atoms in total. The number of hydrogen-bond donors (Lipinski definition) is 0. The molecule has 2 aliphatic rings. The average molecular weight is 242 g/mol. The summed E-state index contributed by atoms with van der Waals surface area (Å²) in [4.78, 5) is 12.4. The van der Waals surface area contributed by atoms with Crippen LogP contribution in [-0.2, 0) is 11.2 Å². The largest absolute Gasteiger partial charge is 0.482 e. The zero-order valence-electron chi connectivity index (χ0n) is 10.5. The molecular formula is C16H18O2. The highest BCUT2D eigenvalue weighted by Crippen LogP contribution is 2.30. The number of hydrogen-bond acceptors (Lipinski definition) is 2. The lowest BCUT2D eigenvalue weighted by molar-refractivity contribution is -0.121. The highest BCUT2D eigenvalue weighted by atomic mass is 16.5. The minimum Gasteiger partial charge on any atom is -0.482 e. The number of benzene rings is 1. The summed E-state index contributed by atoms with van der Waals surface area (Å²) in [5.41, 5.74) is 2.15. The number of allylic oxidation sites excluding steroid dienone is 1. The number of carbonyl (C=O) groups is 1. The number of fused-ring (bicyclic) bond motifs is 1. The molecule has 94 valence electrons. The van der Waals surface area contributed by atoms with E-state index in [4.69, 9.17) is 4.74 Å². The van der Waals surface area contributed by atoms with Crippen LogP contribution in [0, 0.1) is 0 Å². The van der Waals surface area contributed by atoms with E-state index in [2.05, 4.69) is 6.08 Å². The van der Waals surface area contributed by atoms with Gasteiger partial charge in [0.15, 0.2) is 11.9 Å². The van der Waals surface area contributed by atoms with Crippen molar-refractivity contribution in [2.45, 2.75) is 44.6 Å². The van der Waals surface area contributed by atoms with Crippen LogP contribution in [0.3, 0.4) is 0 Å². The molecule has 0 radical (unpaired) electrons. The van der Waals surface area contributed by atoms with Crippen molar-refractivity contribution in [2.24, 2.45) is 0 Å². The smallest absolute Gasteiger partial charge is 0.199 e. The zero-order chi connectivity index (χ0) is 12.4. The molecule has 0 N–H and O–H groups in total. The van der Waals surface area contributed by atoms with Crippen molar-refractivity contribution < 1.29 is 9.53 Å². The van der Waals surface area contributed by atoms with E-state index in [-0.39, 0.29) is 11.9 Å². The first kappa shape index (κ1) is 11.5. The Morgan fingerprint density at radius 3 is 2.94 bits per heavy atom. The van der Waals surface area contributed by atoms with Crippen molar-refractivity contribution in [1.82, 2.24) is 0 Å². The molecule has 1 unspecified atom stereocenters. The van der Waals surface area contributed by atoms with Gasteiger partial charge in [-0.05, 0) is 42.9 Å². The maximum absolute atomic E-state index is 12.4. The van der Waals surface area contributed by atoms with Gasteiger partial charge in [-0.2, -0.15) is 0 Å². The Balaban J connectivity index is 1.74. The third kappa shape index (κ3) is 2.20. The fourth-order valence-electron chi connectivity index (χ4n) is 2.77. The Morgan fingerprint density at radius 2 is 2.06 bits per heavy atom. The summed E-state index contributed by atoms with van der Waals surface area (Å²) in [7, 11) is 0. The summed E-state index contributed by atoms with van der Waals surface area (Å²) in [6.45, 7) is 0. The molecule has 0 aromatic heterocycles. The highest BCUT2D eigenvalue weighted by molar-refractivity contribution is 5.99. The molecule has 1 atom stereocenters. The number of ketones is 1. The molecule has 2 heteroatoms. The standard InChI is InChI=1S/C16H18O2/c17-16(12-7-3-1-2-4-8-12)15-11-13-9-5-6-10-14(13)18-15/h5-7,9-10,15H,1-4,8,11H2. The third-order valence-corrected chi connectivity index (χ3v) is 3.80. The number of rotatable bonds is 2. The number of para-hydroxylation sites is 1. The normalized spacial score (nSPS) is 22.7. The van der Waals surface area contributed by atoms with Gasteiger partial charge in [0.25, 0.3) is 0 Å². The second kappa shape index (κ2) is 4.97. The molecule has 0 spiro atoms. The maximum atomic E-state index is 12.4. The topological polar surface area (TPSA) is 26.3 Å². The predicted molar refractivity (Wildman–Crippen MR) is 70.7 cm³/mol.